The molecule has 0 radical (unpaired) electrons. The molecule has 14 heavy (non-hydrogen) atoms. The van der Waals surface area contributed by atoms with Crippen LogP contribution in [0.2, 0.25) is 0 Å². The first-order valence-electron chi connectivity index (χ1n) is 4.08. The van der Waals surface area contributed by atoms with Crippen molar-refractivity contribution in [2.45, 2.75) is 6.04 Å². The van der Waals surface area contributed by atoms with Crippen LogP contribution < -0.4 is 10.5 Å². The molecule has 74 valence electrons. The Hall–Kier alpha value is -1.49. The smallest absolute Gasteiger partial charge is 0.155 e. The third-order valence-electron chi connectivity index (χ3n) is 1.82. The maximum atomic E-state index is 13.2. The van der Waals surface area contributed by atoms with E-state index in [4.69, 9.17) is 10.5 Å². The van der Waals surface area contributed by atoms with Crippen LogP contribution >= 0.6 is 0 Å². The van der Waals surface area contributed by atoms with Gasteiger partial charge in [0.05, 0.1) is 6.04 Å². The van der Waals surface area contributed by atoms with Gasteiger partial charge in [-0.15, -0.1) is 0 Å². The molecule has 1 atom stereocenters. The second-order valence-electron chi connectivity index (χ2n) is 2.99. The van der Waals surface area contributed by atoms with Crippen molar-refractivity contribution in [3.05, 3.63) is 23.8 Å². The van der Waals surface area contributed by atoms with Crippen LogP contribution in [0, 0.1) is 11.6 Å². The molecular weight excluding hydrogens is 190 g/mol. The molecule has 2 N–H and O–H groups in total. The second-order valence-corrected chi connectivity index (χ2v) is 2.99. The van der Waals surface area contributed by atoms with E-state index in [-0.39, 0.29) is 18.0 Å². The van der Waals surface area contributed by atoms with Gasteiger partial charge in [0, 0.05) is 18.3 Å². The number of nitrogens with zero attached hydrogens (tertiary/aromatic N) is 1. The van der Waals surface area contributed by atoms with E-state index in [9.17, 15) is 8.78 Å². The van der Waals surface area contributed by atoms with Crippen LogP contribution in [0.4, 0.5) is 14.5 Å². The van der Waals surface area contributed by atoms with E-state index in [2.05, 4.69) is 4.99 Å². The summed E-state index contributed by atoms with van der Waals surface area (Å²) in [6, 6.07) is 1.45. The van der Waals surface area contributed by atoms with Crippen LogP contribution in [0.15, 0.2) is 17.1 Å². The number of aliphatic imine (C=N–C) groups is 1. The Labute approximate surface area is 79.2 Å². The van der Waals surface area contributed by atoms with Gasteiger partial charge in [0.25, 0.3) is 0 Å². The lowest BCUT2D eigenvalue weighted by atomic mass is 10.3. The average Bonchev–Trinajstić information content (AvgIpc) is 2.28. The van der Waals surface area contributed by atoms with Gasteiger partial charge in [-0.05, 0) is 0 Å². The predicted octanol–water partition coefficient (Wildman–Crippen LogP) is 1.39. The number of rotatable bonds is 0. The van der Waals surface area contributed by atoms with Crippen molar-refractivity contribution in [1.82, 2.24) is 0 Å². The van der Waals surface area contributed by atoms with Crippen LogP contribution in [0.5, 0.6) is 5.75 Å². The summed E-state index contributed by atoms with van der Waals surface area (Å²) in [7, 11) is 0. The van der Waals surface area contributed by atoms with Crippen molar-refractivity contribution in [2.24, 2.45) is 10.7 Å². The van der Waals surface area contributed by atoms with E-state index >= 15 is 0 Å². The molecule has 0 aliphatic carbocycles. The van der Waals surface area contributed by atoms with Crippen molar-refractivity contribution >= 4 is 11.9 Å². The van der Waals surface area contributed by atoms with Crippen molar-refractivity contribution in [3.8, 4) is 5.75 Å². The van der Waals surface area contributed by atoms with Gasteiger partial charge in [-0.1, -0.05) is 0 Å². The van der Waals surface area contributed by atoms with E-state index < -0.39 is 17.7 Å². The highest BCUT2D eigenvalue weighted by atomic mass is 19.1. The molecule has 0 fully saturated rings. The van der Waals surface area contributed by atoms with Gasteiger partial charge < -0.3 is 10.5 Å². The lowest BCUT2D eigenvalue weighted by Gasteiger charge is -2.07. The van der Waals surface area contributed by atoms with Crippen molar-refractivity contribution in [3.63, 3.8) is 0 Å². The minimum absolute atomic E-state index is 0.000602. The van der Waals surface area contributed by atoms with E-state index in [1.165, 1.54) is 6.21 Å². The minimum Gasteiger partial charge on any atom is -0.489 e. The van der Waals surface area contributed by atoms with Crippen molar-refractivity contribution in [2.75, 3.05) is 6.61 Å². The summed E-state index contributed by atoms with van der Waals surface area (Å²) in [4.78, 5) is 3.79. The Balaban J connectivity index is 2.51. The first-order valence-corrected chi connectivity index (χ1v) is 4.08. The largest absolute Gasteiger partial charge is 0.489 e. The number of fused-ring (bicyclic) bond motifs is 1. The highest BCUT2D eigenvalue weighted by Gasteiger charge is 2.15. The fourth-order valence-corrected chi connectivity index (χ4v) is 1.18. The standard InChI is InChI=1S/C9H8F2N2O/c10-5-1-7(11)9-8(2-5)14-4-6(12)3-13-9/h1-3,6H,4,12H2/t6-/m0/s1. The van der Waals surface area contributed by atoms with E-state index in [0.29, 0.717) is 0 Å². The van der Waals surface area contributed by atoms with Crippen LogP contribution in [-0.2, 0) is 0 Å². The van der Waals surface area contributed by atoms with Crippen molar-refractivity contribution < 1.29 is 13.5 Å². The zero-order chi connectivity index (χ0) is 10.1. The quantitative estimate of drug-likeness (QED) is 0.684. The Bertz CT molecular complexity index is 393. The SMILES string of the molecule is N[C@H]1C=Nc2c(F)cc(F)cc2OC1. The third-order valence-corrected chi connectivity index (χ3v) is 1.82. The van der Waals surface area contributed by atoms with E-state index in [0.717, 1.165) is 12.1 Å². The highest BCUT2D eigenvalue weighted by Crippen LogP contribution is 2.32. The normalized spacial score (nSPS) is 19.8. The first kappa shape index (κ1) is 9.08. The van der Waals surface area contributed by atoms with Crippen LogP contribution in [0.1, 0.15) is 0 Å². The molecule has 0 aromatic heterocycles. The van der Waals surface area contributed by atoms with E-state index in [1.54, 1.807) is 0 Å². The van der Waals surface area contributed by atoms with E-state index in [1.807, 2.05) is 0 Å². The summed E-state index contributed by atoms with van der Waals surface area (Å²) in [6.07, 6.45) is 1.38. The minimum atomic E-state index is -0.745. The average molecular weight is 198 g/mol. The molecular formula is C9H8F2N2O. The molecule has 1 aliphatic heterocycles. The monoisotopic (exact) mass is 198 g/mol. The second kappa shape index (κ2) is 3.34. The Morgan fingerprint density at radius 3 is 3.00 bits per heavy atom. The maximum absolute atomic E-state index is 13.2. The van der Waals surface area contributed by atoms with Gasteiger partial charge in [-0.2, -0.15) is 0 Å². The molecule has 1 heterocycles. The topological polar surface area (TPSA) is 47.6 Å². The van der Waals surface area contributed by atoms with Gasteiger partial charge in [0.1, 0.15) is 18.1 Å². The number of nitrogens with two attached hydrogens (primary N) is 1. The number of hydrogen-bond acceptors (Lipinski definition) is 3. The number of ether oxygens (including phenoxy) is 1. The lowest BCUT2D eigenvalue weighted by Crippen LogP contribution is -2.28. The van der Waals surface area contributed by atoms with Gasteiger partial charge in [0.15, 0.2) is 11.6 Å². The van der Waals surface area contributed by atoms with Crippen molar-refractivity contribution in [1.29, 1.82) is 0 Å². The first-order chi connectivity index (χ1) is 6.66. The molecule has 1 aliphatic rings. The number of halogens is 2. The summed E-state index contributed by atoms with van der Waals surface area (Å²) in [5.41, 5.74) is 5.51. The number of hydrogen-bond donors (Lipinski definition) is 1. The molecule has 0 amide bonds. The van der Waals surface area contributed by atoms with Gasteiger partial charge in [-0.3, -0.25) is 4.99 Å². The van der Waals surface area contributed by atoms with Gasteiger partial charge in [0.2, 0.25) is 0 Å². The number of benzene rings is 1. The predicted molar refractivity (Wildman–Crippen MR) is 48.0 cm³/mol. The van der Waals surface area contributed by atoms with Gasteiger partial charge >= 0.3 is 0 Å². The Morgan fingerprint density at radius 2 is 2.21 bits per heavy atom. The molecule has 0 unspecified atom stereocenters. The fourth-order valence-electron chi connectivity index (χ4n) is 1.18. The van der Waals surface area contributed by atoms with Crippen LogP contribution in [0.3, 0.4) is 0 Å². The molecule has 0 saturated carbocycles. The van der Waals surface area contributed by atoms with Gasteiger partial charge in [-0.25, -0.2) is 8.78 Å². The molecule has 1 aromatic carbocycles. The molecule has 0 bridgehead atoms. The summed E-state index contributed by atoms with van der Waals surface area (Å²) in [6.45, 7) is 0.166. The zero-order valence-corrected chi connectivity index (χ0v) is 7.21. The lowest BCUT2D eigenvalue weighted by molar-refractivity contribution is 0.315. The third kappa shape index (κ3) is 1.58. The summed E-state index contributed by atoms with van der Waals surface area (Å²) in [5, 5.41) is 0. The fraction of sp³-hybridized carbons (Fsp3) is 0.222. The molecule has 1 aromatic rings. The summed E-state index contributed by atoms with van der Waals surface area (Å²) < 4.78 is 31.0. The highest BCUT2D eigenvalue weighted by molar-refractivity contribution is 5.72. The van der Waals surface area contributed by atoms with Crippen LogP contribution in [0.25, 0.3) is 0 Å². The molecule has 0 saturated heterocycles. The molecule has 5 heteroatoms. The maximum Gasteiger partial charge on any atom is 0.155 e. The zero-order valence-electron chi connectivity index (χ0n) is 7.21. The molecule has 3 nitrogen and oxygen atoms in total. The van der Waals surface area contributed by atoms with Crippen LogP contribution in [-0.4, -0.2) is 18.9 Å². The molecule has 2 rings (SSSR count). The Kier molecular flexibility index (Phi) is 2.17. The molecule has 0 spiro atoms. The summed E-state index contributed by atoms with van der Waals surface area (Å²) >= 11 is 0. The summed E-state index contributed by atoms with van der Waals surface area (Å²) in [5.74, 6) is -1.34. The Morgan fingerprint density at radius 1 is 1.43 bits per heavy atom.